The van der Waals surface area contributed by atoms with Gasteiger partial charge in [0.25, 0.3) is 5.91 Å². The van der Waals surface area contributed by atoms with Crippen molar-refractivity contribution in [3.63, 3.8) is 0 Å². The Hall–Kier alpha value is -2.90. The smallest absolute Gasteiger partial charge is 0.329 e. The Morgan fingerprint density at radius 1 is 1.19 bits per heavy atom. The van der Waals surface area contributed by atoms with Crippen LogP contribution in [0.15, 0.2) is 24.3 Å². The van der Waals surface area contributed by atoms with Crippen molar-refractivity contribution in [1.82, 2.24) is 10.2 Å². The van der Waals surface area contributed by atoms with Crippen molar-refractivity contribution in [1.29, 1.82) is 0 Å². The Bertz CT molecular complexity index is 847. The molecule has 3 amide bonds. The number of para-hydroxylation sites is 1. The molecule has 136 valence electrons. The molecule has 0 bridgehead atoms. The first-order chi connectivity index (χ1) is 12.3. The van der Waals surface area contributed by atoms with E-state index in [4.69, 9.17) is 0 Å². The van der Waals surface area contributed by atoms with Crippen LogP contribution in [0.3, 0.4) is 0 Å². The summed E-state index contributed by atoms with van der Waals surface area (Å²) in [5.41, 5.74) is -1.21. The van der Waals surface area contributed by atoms with Gasteiger partial charge in [0.15, 0.2) is 0 Å². The van der Waals surface area contributed by atoms with E-state index in [-0.39, 0.29) is 24.8 Å². The summed E-state index contributed by atoms with van der Waals surface area (Å²) in [6.45, 7) is 1.48. The van der Waals surface area contributed by atoms with E-state index in [2.05, 4.69) is 5.32 Å². The largest absolute Gasteiger partial charge is 0.480 e. The molecule has 8 nitrogen and oxygen atoms in total. The van der Waals surface area contributed by atoms with Crippen LogP contribution >= 0.6 is 0 Å². The lowest BCUT2D eigenvalue weighted by molar-refractivity contribution is -0.143. The molecular weight excluding hydrogens is 338 g/mol. The lowest BCUT2D eigenvalue weighted by Crippen LogP contribution is -2.64. The molecule has 8 heteroatoms. The van der Waals surface area contributed by atoms with Gasteiger partial charge in [-0.25, -0.2) is 4.79 Å². The van der Waals surface area contributed by atoms with E-state index < -0.39 is 23.1 Å². The summed E-state index contributed by atoms with van der Waals surface area (Å²) in [4.78, 5) is 52.2. The van der Waals surface area contributed by atoms with Gasteiger partial charge in [0.05, 0.1) is 11.3 Å². The van der Waals surface area contributed by atoms with Crippen molar-refractivity contribution in [3.05, 3.63) is 29.8 Å². The van der Waals surface area contributed by atoms with Crippen LogP contribution in [-0.2, 0) is 14.4 Å². The number of carboxylic acid groups (broad SMARTS) is 1. The molecule has 0 spiro atoms. The maximum atomic E-state index is 13.0. The number of carbonyl (C=O) groups is 4. The number of benzene rings is 1. The Morgan fingerprint density at radius 2 is 1.88 bits per heavy atom. The van der Waals surface area contributed by atoms with Gasteiger partial charge in [-0.2, -0.15) is 0 Å². The molecule has 1 atom stereocenters. The van der Waals surface area contributed by atoms with Crippen LogP contribution in [0.25, 0.3) is 0 Å². The number of nitrogens with zero attached hydrogens (tertiary/aromatic N) is 2. The van der Waals surface area contributed by atoms with E-state index in [0.717, 1.165) is 0 Å². The minimum atomic E-state index is -1.21. The van der Waals surface area contributed by atoms with Gasteiger partial charge in [0.2, 0.25) is 11.8 Å². The maximum absolute atomic E-state index is 13.0. The SMILES string of the molecule is CC12CCC(=O)N1c1ccccc1C(=O)N2CC(=O)NC1(C(=O)O)CC1. The zero-order valence-corrected chi connectivity index (χ0v) is 14.3. The first kappa shape index (κ1) is 16.6. The van der Waals surface area contributed by atoms with E-state index in [1.165, 1.54) is 4.90 Å². The average molecular weight is 357 g/mol. The highest BCUT2D eigenvalue weighted by atomic mass is 16.4. The van der Waals surface area contributed by atoms with E-state index in [1.807, 2.05) is 0 Å². The summed E-state index contributed by atoms with van der Waals surface area (Å²) in [7, 11) is 0. The van der Waals surface area contributed by atoms with Gasteiger partial charge in [-0.05, 0) is 38.3 Å². The van der Waals surface area contributed by atoms with Crippen LogP contribution in [0.1, 0.15) is 43.0 Å². The number of nitrogens with one attached hydrogen (secondary N) is 1. The van der Waals surface area contributed by atoms with E-state index in [1.54, 1.807) is 36.1 Å². The first-order valence-corrected chi connectivity index (χ1v) is 8.57. The lowest BCUT2D eigenvalue weighted by Gasteiger charge is -2.48. The Labute approximate surface area is 149 Å². The maximum Gasteiger partial charge on any atom is 0.329 e. The van der Waals surface area contributed by atoms with Crippen LogP contribution in [0.4, 0.5) is 5.69 Å². The van der Waals surface area contributed by atoms with Gasteiger partial charge >= 0.3 is 5.97 Å². The molecule has 3 aliphatic rings. The predicted octanol–water partition coefficient (Wildman–Crippen LogP) is 0.719. The Balaban J connectivity index is 1.66. The molecule has 1 saturated heterocycles. The van der Waals surface area contributed by atoms with Gasteiger partial charge in [-0.15, -0.1) is 0 Å². The van der Waals surface area contributed by atoms with Crippen molar-refractivity contribution >= 4 is 29.4 Å². The highest BCUT2D eigenvalue weighted by Crippen LogP contribution is 2.44. The minimum absolute atomic E-state index is 0.0953. The summed E-state index contributed by atoms with van der Waals surface area (Å²) >= 11 is 0. The van der Waals surface area contributed by atoms with Gasteiger partial charge in [-0.3, -0.25) is 19.3 Å². The number of fused-ring (bicyclic) bond motifs is 3. The van der Waals surface area contributed by atoms with Crippen LogP contribution in [0.2, 0.25) is 0 Å². The Morgan fingerprint density at radius 3 is 2.54 bits per heavy atom. The molecule has 26 heavy (non-hydrogen) atoms. The summed E-state index contributed by atoms with van der Waals surface area (Å²) in [6.07, 6.45) is 1.47. The molecule has 2 aliphatic heterocycles. The topological polar surface area (TPSA) is 107 Å². The molecule has 0 radical (unpaired) electrons. The number of aliphatic carboxylic acids is 1. The number of anilines is 1. The van der Waals surface area contributed by atoms with Crippen LogP contribution < -0.4 is 10.2 Å². The Kier molecular flexibility index (Phi) is 3.37. The molecule has 1 aromatic carbocycles. The molecule has 0 aromatic heterocycles. The predicted molar refractivity (Wildman–Crippen MR) is 90.3 cm³/mol. The van der Waals surface area contributed by atoms with Gasteiger partial charge in [0.1, 0.15) is 17.7 Å². The molecule has 4 rings (SSSR count). The minimum Gasteiger partial charge on any atom is -0.480 e. The number of carboxylic acids is 1. The van der Waals surface area contributed by atoms with E-state index in [9.17, 15) is 24.3 Å². The van der Waals surface area contributed by atoms with Crippen molar-refractivity contribution in [2.24, 2.45) is 0 Å². The third-order valence-electron chi connectivity index (χ3n) is 5.59. The molecule has 1 aliphatic carbocycles. The zero-order chi connectivity index (χ0) is 18.7. The number of carbonyl (C=O) groups excluding carboxylic acids is 3. The van der Waals surface area contributed by atoms with Gasteiger partial charge in [-0.1, -0.05) is 12.1 Å². The molecular formula is C18H19N3O5. The molecule has 2 fully saturated rings. The quantitative estimate of drug-likeness (QED) is 0.826. The lowest BCUT2D eigenvalue weighted by atomic mass is 9.98. The second-order valence-corrected chi connectivity index (χ2v) is 7.29. The van der Waals surface area contributed by atoms with E-state index in [0.29, 0.717) is 30.5 Å². The molecule has 2 heterocycles. The summed E-state index contributed by atoms with van der Waals surface area (Å²) < 4.78 is 0. The van der Waals surface area contributed by atoms with E-state index >= 15 is 0 Å². The number of hydrogen-bond donors (Lipinski definition) is 2. The van der Waals surface area contributed by atoms with Crippen molar-refractivity contribution in [2.75, 3.05) is 11.4 Å². The second kappa shape index (κ2) is 5.30. The van der Waals surface area contributed by atoms with Crippen molar-refractivity contribution in [3.8, 4) is 0 Å². The molecule has 1 unspecified atom stereocenters. The third kappa shape index (κ3) is 2.21. The second-order valence-electron chi connectivity index (χ2n) is 7.29. The van der Waals surface area contributed by atoms with Crippen LogP contribution in [0.5, 0.6) is 0 Å². The monoisotopic (exact) mass is 357 g/mol. The third-order valence-corrected chi connectivity index (χ3v) is 5.59. The summed E-state index contributed by atoms with van der Waals surface area (Å²) in [5.74, 6) is -2.02. The fourth-order valence-electron chi connectivity index (χ4n) is 3.91. The normalized spacial score (nSPS) is 25.6. The fraction of sp³-hybridized carbons (Fsp3) is 0.444. The summed E-state index contributed by atoms with van der Waals surface area (Å²) in [6, 6.07) is 6.84. The van der Waals surface area contributed by atoms with Crippen molar-refractivity contribution in [2.45, 2.75) is 43.8 Å². The standard InChI is InChI=1S/C18H19N3O5/c1-17-7-6-14(23)21(17)12-5-3-2-4-11(12)15(24)20(17)10-13(22)19-18(8-9-18)16(25)26/h2-5H,6-10H2,1H3,(H,19,22)(H,25,26). The summed E-state index contributed by atoms with van der Waals surface area (Å²) in [5, 5.41) is 11.8. The van der Waals surface area contributed by atoms with Gasteiger partial charge < -0.3 is 15.3 Å². The van der Waals surface area contributed by atoms with Gasteiger partial charge in [0, 0.05) is 6.42 Å². The fourth-order valence-corrected chi connectivity index (χ4v) is 3.91. The molecule has 2 N–H and O–H groups in total. The van der Waals surface area contributed by atoms with Crippen LogP contribution in [-0.4, -0.2) is 51.4 Å². The number of hydrogen-bond acceptors (Lipinski definition) is 4. The molecule has 1 aromatic rings. The highest BCUT2D eigenvalue weighted by molar-refractivity contribution is 6.11. The zero-order valence-electron chi connectivity index (χ0n) is 14.3. The first-order valence-electron chi connectivity index (χ1n) is 8.57. The highest BCUT2D eigenvalue weighted by Gasteiger charge is 2.55. The average Bonchev–Trinajstić information content (AvgIpc) is 3.31. The van der Waals surface area contributed by atoms with Crippen LogP contribution in [0, 0.1) is 0 Å². The van der Waals surface area contributed by atoms with Crippen molar-refractivity contribution < 1.29 is 24.3 Å². The number of amides is 3. The molecule has 1 saturated carbocycles. The number of rotatable bonds is 4.